The van der Waals surface area contributed by atoms with Gasteiger partial charge in [0.15, 0.2) is 9.84 Å². The number of carbonyl (C=O) groups is 1. The van der Waals surface area contributed by atoms with E-state index >= 15 is 0 Å². The number of benzene rings is 2. The van der Waals surface area contributed by atoms with E-state index in [2.05, 4.69) is 10.3 Å². The number of nitrogens with one attached hydrogen (secondary N) is 2. The van der Waals surface area contributed by atoms with Crippen molar-refractivity contribution in [2.75, 3.05) is 18.8 Å². The fourth-order valence-corrected chi connectivity index (χ4v) is 6.38. The number of likely N-dealkylation sites (tertiary alicyclic amines) is 1. The molecule has 16 heteroatoms. The maximum absolute atomic E-state index is 14.2. The molecule has 1 saturated heterocycles. The molecule has 10 nitrogen and oxygen atoms in total. The molecular formula is C24H24Cl2F3N5O5S. The van der Waals surface area contributed by atoms with Gasteiger partial charge in [0, 0.05) is 30.7 Å². The third kappa shape index (κ3) is 5.99. The van der Waals surface area contributed by atoms with Gasteiger partial charge < -0.3 is 16.0 Å². The average molecular weight is 622 g/mol. The van der Waals surface area contributed by atoms with E-state index in [0.717, 1.165) is 0 Å². The second-order valence-corrected chi connectivity index (χ2v) is 12.4. The number of H-pyrrole nitrogens is 1. The lowest BCUT2D eigenvalue weighted by Gasteiger charge is -2.22. The van der Waals surface area contributed by atoms with Crippen LogP contribution in [0.5, 0.6) is 0 Å². The van der Waals surface area contributed by atoms with Crippen molar-refractivity contribution in [2.24, 2.45) is 5.73 Å². The molecule has 40 heavy (non-hydrogen) atoms. The molecule has 0 aliphatic carbocycles. The minimum Gasteiger partial charge on any atom is -0.352 e. The van der Waals surface area contributed by atoms with Crippen molar-refractivity contribution in [2.45, 2.75) is 43.5 Å². The summed E-state index contributed by atoms with van der Waals surface area (Å²) in [7, 11) is -3.79. The van der Waals surface area contributed by atoms with Crippen LogP contribution in [0.3, 0.4) is 0 Å². The first-order valence-corrected chi connectivity index (χ1v) is 14.4. The van der Waals surface area contributed by atoms with Crippen molar-refractivity contribution >= 4 is 50.0 Å². The summed E-state index contributed by atoms with van der Waals surface area (Å²) in [4.78, 5) is 41.4. The Hall–Kier alpha value is -3.07. The van der Waals surface area contributed by atoms with Crippen LogP contribution in [0, 0.1) is 0 Å². The SMILES string of the molecule is CCS(=O)(=O)c1ccc(Cl)cc1Cn1c(=O)[nH]c2c(Cl)c(CN3CC[C@@H](NC(N)=O)C3)c(C(F)(F)F)cc2c1=O. The highest BCUT2D eigenvalue weighted by Crippen LogP contribution is 2.39. The molecule has 2 aromatic carbocycles. The van der Waals surface area contributed by atoms with Crippen molar-refractivity contribution in [3.63, 3.8) is 0 Å². The molecule has 0 radical (unpaired) electrons. The second kappa shape index (κ2) is 11.1. The zero-order chi connectivity index (χ0) is 29.6. The van der Waals surface area contributed by atoms with E-state index in [1.807, 2.05) is 0 Å². The normalized spacial score (nSPS) is 16.5. The molecule has 3 aromatic rings. The topological polar surface area (TPSA) is 147 Å². The number of nitrogens with zero attached hydrogens (tertiary/aromatic N) is 2. The quantitative estimate of drug-likeness (QED) is 0.369. The summed E-state index contributed by atoms with van der Waals surface area (Å²) in [6.45, 7) is 1.14. The lowest BCUT2D eigenvalue weighted by molar-refractivity contribution is -0.138. The molecule has 216 valence electrons. The summed E-state index contributed by atoms with van der Waals surface area (Å²) in [5.41, 5.74) is 1.26. The Morgan fingerprint density at radius 1 is 1.20 bits per heavy atom. The molecule has 0 spiro atoms. The van der Waals surface area contributed by atoms with Gasteiger partial charge in [-0.1, -0.05) is 30.1 Å². The van der Waals surface area contributed by atoms with Crippen LogP contribution in [0.2, 0.25) is 10.0 Å². The average Bonchev–Trinajstić information content (AvgIpc) is 3.29. The molecule has 1 aliphatic heterocycles. The van der Waals surface area contributed by atoms with Crippen molar-refractivity contribution in [3.8, 4) is 0 Å². The van der Waals surface area contributed by atoms with Crippen molar-refractivity contribution in [1.82, 2.24) is 19.8 Å². The van der Waals surface area contributed by atoms with E-state index in [1.165, 1.54) is 25.1 Å². The summed E-state index contributed by atoms with van der Waals surface area (Å²) >= 11 is 12.4. The molecule has 0 bridgehead atoms. The predicted molar refractivity (Wildman–Crippen MR) is 144 cm³/mol. The lowest BCUT2D eigenvalue weighted by atomic mass is 10.0. The van der Waals surface area contributed by atoms with E-state index < -0.39 is 55.8 Å². The van der Waals surface area contributed by atoms with E-state index in [0.29, 0.717) is 23.6 Å². The number of hydrogen-bond donors (Lipinski definition) is 3. The third-order valence-corrected chi connectivity index (χ3v) is 9.17. The maximum atomic E-state index is 14.2. The smallest absolute Gasteiger partial charge is 0.352 e. The molecule has 1 atom stereocenters. The Bertz CT molecular complexity index is 1720. The van der Waals surface area contributed by atoms with Crippen LogP contribution in [-0.2, 0) is 29.1 Å². The Morgan fingerprint density at radius 2 is 1.90 bits per heavy atom. The number of nitrogens with two attached hydrogens (primary N) is 1. The van der Waals surface area contributed by atoms with Gasteiger partial charge in [-0.25, -0.2) is 18.0 Å². The summed E-state index contributed by atoms with van der Waals surface area (Å²) in [6.07, 6.45) is -4.45. The number of urea groups is 1. The summed E-state index contributed by atoms with van der Waals surface area (Å²) < 4.78 is 68.3. The van der Waals surface area contributed by atoms with Gasteiger partial charge in [-0.15, -0.1) is 0 Å². The molecule has 2 heterocycles. The van der Waals surface area contributed by atoms with Crippen LogP contribution >= 0.6 is 23.2 Å². The number of amides is 2. The van der Waals surface area contributed by atoms with Crippen LogP contribution in [0.15, 0.2) is 38.8 Å². The number of primary amides is 1. The molecule has 0 unspecified atom stereocenters. The Kier molecular flexibility index (Phi) is 8.28. The Balaban J connectivity index is 1.84. The van der Waals surface area contributed by atoms with Crippen molar-refractivity contribution in [3.05, 3.63) is 71.8 Å². The van der Waals surface area contributed by atoms with E-state index in [4.69, 9.17) is 28.9 Å². The molecule has 4 N–H and O–H groups in total. The number of sulfone groups is 1. The number of fused-ring (bicyclic) bond motifs is 1. The molecule has 1 fully saturated rings. The number of hydrogen-bond acceptors (Lipinski definition) is 6. The molecular weight excluding hydrogens is 598 g/mol. The predicted octanol–water partition coefficient (Wildman–Crippen LogP) is 3.10. The van der Waals surface area contributed by atoms with Gasteiger partial charge in [0.2, 0.25) is 0 Å². The van der Waals surface area contributed by atoms with E-state index in [-0.39, 0.29) is 51.4 Å². The highest BCUT2D eigenvalue weighted by Gasteiger charge is 2.37. The van der Waals surface area contributed by atoms with Gasteiger partial charge in [-0.05, 0) is 41.8 Å². The maximum Gasteiger partial charge on any atom is 0.416 e. The van der Waals surface area contributed by atoms with Crippen LogP contribution in [0.4, 0.5) is 18.0 Å². The van der Waals surface area contributed by atoms with Crippen LogP contribution in [0.1, 0.15) is 30.0 Å². The Morgan fingerprint density at radius 3 is 2.52 bits per heavy atom. The summed E-state index contributed by atoms with van der Waals surface area (Å²) in [5.74, 6) is -0.270. The standard InChI is InChI=1S/C24H24Cl2F3N5O5S/c1-2-40(38,39)18-4-3-13(25)7-12(18)9-34-21(35)15-8-17(24(27,28)29)16(19(26)20(15)32-23(34)37)11-33-6-5-14(10-33)31-22(30)36/h3-4,7-8,14H,2,5-6,9-11H2,1H3,(H,32,37)(H3,30,31,36)/t14-/m1/s1. The van der Waals surface area contributed by atoms with Crippen LogP contribution in [-0.4, -0.2) is 53.8 Å². The van der Waals surface area contributed by atoms with Gasteiger partial charge in [0.05, 0.1) is 38.7 Å². The van der Waals surface area contributed by atoms with Crippen LogP contribution < -0.4 is 22.3 Å². The Labute approximate surface area is 235 Å². The van der Waals surface area contributed by atoms with Crippen LogP contribution in [0.25, 0.3) is 10.9 Å². The van der Waals surface area contributed by atoms with Crippen molar-refractivity contribution < 1.29 is 26.4 Å². The molecule has 2 amide bonds. The highest BCUT2D eigenvalue weighted by atomic mass is 35.5. The lowest BCUT2D eigenvalue weighted by Crippen LogP contribution is -2.40. The van der Waals surface area contributed by atoms with Gasteiger partial charge in [-0.3, -0.25) is 14.3 Å². The molecule has 1 aliphatic rings. The van der Waals surface area contributed by atoms with Gasteiger partial charge in [-0.2, -0.15) is 13.2 Å². The van der Waals surface area contributed by atoms with Gasteiger partial charge in [0.1, 0.15) is 0 Å². The van der Waals surface area contributed by atoms with E-state index in [1.54, 1.807) is 4.90 Å². The third-order valence-electron chi connectivity index (χ3n) is 6.69. The first kappa shape index (κ1) is 29.9. The zero-order valence-corrected chi connectivity index (χ0v) is 23.3. The number of alkyl halides is 3. The first-order valence-electron chi connectivity index (χ1n) is 12.0. The fourth-order valence-electron chi connectivity index (χ4n) is 4.76. The minimum absolute atomic E-state index is 0.0215. The number of carbonyl (C=O) groups excluding carboxylic acids is 1. The number of halogens is 5. The zero-order valence-electron chi connectivity index (χ0n) is 20.9. The number of aromatic nitrogens is 2. The molecule has 0 saturated carbocycles. The first-order chi connectivity index (χ1) is 18.6. The number of aromatic amines is 1. The molecule has 1 aromatic heterocycles. The van der Waals surface area contributed by atoms with Crippen molar-refractivity contribution in [1.29, 1.82) is 0 Å². The number of rotatable bonds is 7. The largest absolute Gasteiger partial charge is 0.416 e. The summed E-state index contributed by atoms with van der Waals surface area (Å²) in [5, 5.41) is 1.70. The van der Waals surface area contributed by atoms with Gasteiger partial charge in [0.25, 0.3) is 5.56 Å². The minimum atomic E-state index is -4.90. The second-order valence-electron chi connectivity index (χ2n) is 9.34. The molecule has 4 rings (SSSR count). The van der Waals surface area contributed by atoms with E-state index in [9.17, 15) is 36.0 Å². The highest BCUT2D eigenvalue weighted by molar-refractivity contribution is 7.91. The monoisotopic (exact) mass is 621 g/mol. The van der Waals surface area contributed by atoms with Gasteiger partial charge >= 0.3 is 17.9 Å². The fraction of sp³-hybridized carbons (Fsp3) is 0.375. The summed E-state index contributed by atoms with van der Waals surface area (Å²) in [6, 6.07) is 3.37.